The van der Waals surface area contributed by atoms with Gasteiger partial charge in [-0.1, -0.05) is 6.07 Å². The Labute approximate surface area is 99.7 Å². The second kappa shape index (κ2) is 4.21. The van der Waals surface area contributed by atoms with Gasteiger partial charge in [0.1, 0.15) is 10.6 Å². The molecule has 2 rings (SSSR count). The molecular formula is C11H12N2O3S. The van der Waals surface area contributed by atoms with Gasteiger partial charge in [0.15, 0.2) is 0 Å². The predicted octanol–water partition coefficient (Wildman–Crippen LogP) is 1.44. The maximum absolute atomic E-state index is 12.2. The fourth-order valence-corrected chi connectivity index (χ4v) is 2.73. The zero-order chi connectivity index (χ0) is 12.5. The van der Waals surface area contributed by atoms with Crippen molar-refractivity contribution < 1.29 is 13.2 Å². The molecule has 0 saturated carbocycles. The predicted molar refractivity (Wildman–Crippen MR) is 62.5 cm³/mol. The van der Waals surface area contributed by atoms with Crippen LogP contribution in [0.3, 0.4) is 0 Å². The molecule has 17 heavy (non-hydrogen) atoms. The minimum Gasteiger partial charge on any atom is -0.495 e. The minimum atomic E-state index is -3.67. The molecule has 0 aliphatic carbocycles. The molecule has 2 aromatic rings. The number of aryl methyl sites for hydroxylation is 1. The lowest BCUT2D eigenvalue weighted by Crippen LogP contribution is -2.14. The number of rotatable bonds is 3. The van der Waals surface area contributed by atoms with E-state index >= 15 is 0 Å². The van der Waals surface area contributed by atoms with Crippen LogP contribution in [0, 0.1) is 6.92 Å². The van der Waals surface area contributed by atoms with Crippen LogP contribution in [0.25, 0.3) is 0 Å². The molecule has 0 spiro atoms. The fourth-order valence-electron chi connectivity index (χ4n) is 1.49. The molecule has 0 amide bonds. The van der Waals surface area contributed by atoms with E-state index in [1.165, 1.54) is 25.6 Å². The van der Waals surface area contributed by atoms with Gasteiger partial charge in [-0.25, -0.2) is 0 Å². The maximum atomic E-state index is 12.2. The first-order chi connectivity index (χ1) is 8.05. The summed E-state index contributed by atoms with van der Waals surface area (Å²) >= 11 is 0. The van der Waals surface area contributed by atoms with Gasteiger partial charge in [0, 0.05) is 6.20 Å². The van der Waals surface area contributed by atoms with Crippen LogP contribution >= 0.6 is 0 Å². The molecular weight excluding hydrogens is 240 g/mol. The molecule has 5 nitrogen and oxygen atoms in total. The van der Waals surface area contributed by atoms with Crippen LogP contribution in [-0.4, -0.2) is 24.7 Å². The molecule has 0 atom stereocenters. The first kappa shape index (κ1) is 11.7. The molecule has 6 heteroatoms. The van der Waals surface area contributed by atoms with Gasteiger partial charge >= 0.3 is 0 Å². The topological polar surface area (TPSA) is 61.2 Å². The van der Waals surface area contributed by atoms with Gasteiger partial charge in [-0.2, -0.15) is 17.6 Å². The molecule has 0 aliphatic rings. The number of hydrogen-bond donors (Lipinski definition) is 0. The van der Waals surface area contributed by atoms with Gasteiger partial charge in [-0.3, -0.25) is 0 Å². The largest absolute Gasteiger partial charge is 0.495 e. The van der Waals surface area contributed by atoms with Crippen LogP contribution < -0.4 is 4.74 Å². The highest BCUT2D eigenvalue weighted by atomic mass is 32.2. The zero-order valence-electron chi connectivity index (χ0n) is 9.49. The summed E-state index contributed by atoms with van der Waals surface area (Å²) in [4.78, 5) is 0.106. The van der Waals surface area contributed by atoms with E-state index in [0.29, 0.717) is 5.75 Å². The van der Waals surface area contributed by atoms with Gasteiger partial charge in [0.05, 0.1) is 13.3 Å². The summed E-state index contributed by atoms with van der Waals surface area (Å²) in [5, 5.41) is 3.74. The van der Waals surface area contributed by atoms with Crippen molar-refractivity contribution in [2.75, 3.05) is 7.11 Å². The molecule has 0 radical (unpaired) electrons. The summed E-state index contributed by atoms with van der Waals surface area (Å²) in [5.74, 6) is 0.320. The molecule has 90 valence electrons. The highest BCUT2D eigenvalue weighted by Crippen LogP contribution is 2.26. The van der Waals surface area contributed by atoms with Crippen molar-refractivity contribution in [1.29, 1.82) is 0 Å². The Kier molecular flexibility index (Phi) is 2.89. The van der Waals surface area contributed by atoms with Crippen molar-refractivity contribution in [3.8, 4) is 5.75 Å². The molecule has 0 unspecified atom stereocenters. The van der Waals surface area contributed by atoms with Crippen molar-refractivity contribution in [1.82, 2.24) is 9.19 Å². The lowest BCUT2D eigenvalue weighted by atomic mass is 10.2. The van der Waals surface area contributed by atoms with E-state index in [1.54, 1.807) is 18.2 Å². The van der Waals surface area contributed by atoms with Gasteiger partial charge in [0.2, 0.25) is 0 Å². The van der Waals surface area contributed by atoms with Crippen molar-refractivity contribution in [2.45, 2.75) is 11.8 Å². The summed E-state index contributed by atoms with van der Waals surface area (Å²) in [7, 11) is -2.23. The second-order valence-corrected chi connectivity index (χ2v) is 5.30. The summed E-state index contributed by atoms with van der Waals surface area (Å²) in [6.45, 7) is 1.87. The zero-order valence-corrected chi connectivity index (χ0v) is 10.3. The Morgan fingerprint density at radius 3 is 2.71 bits per heavy atom. The lowest BCUT2D eigenvalue weighted by Gasteiger charge is -2.09. The van der Waals surface area contributed by atoms with Gasteiger partial charge < -0.3 is 4.74 Å². The quantitative estimate of drug-likeness (QED) is 0.829. The molecule has 1 aromatic carbocycles. The van der Waals surface area contributed by atoms with Gasteiger partial charge in [0.25, 0.3) is 10.0 Å². The first-order valence-corrected chi connectivity index (χ1v) is 6.39. The van der Waals surface area contributed by atoms with E-state index in [0.717, 1.165) is 9.65 Å². The molecule has 0 bridgehead atoms. The van der Waals surface area contributed by atoms with Crippen LogP contribution in [0.4, 0.5) is 0 Å². The summed E-state index contributed by atoms with van der Waals surface area (Å²) in [6.07, 6.45) is 2.80. The third kappa shape index (κ3) is 2.03. The Hall–Kier alpha value is -1.82. The molecule has 1 aromatic heterocycles. The molecule has 1 heterocycles. The van der Waals surface area contributed by atoms with E-state index in [9.17, 15) is 8.42 Å². The third-order valence-corrected chi connectivity index (χ3v) is 3.93. The Morgan fingerprint density at radius 2 is 2.12 bits per heavy atom. The Balaban J connectivity index is 2.62. The van der Waals surface area contributed by atoms with Crippen LogP contribution in [0.2, 0.25) is 0 Å². The van der Waals surface area contributed by atoms with E-state index < -0.39 is 10.0 Å². The minimum absolute atomic E-state index is 0.106. The average molecular weight is 252 g/mol. The van der Waals surface area contributed by atoms with Crippen LogP contribution in [0.15, 0.2) is 41.6 Å². The monoisotopic (exact) mass is 252 g/mol. The molecule has 0 saturated heterocycles. The average Bonchev–Trinajstić information content (AvgIpc) is 2.82. The van der Waals surface area contributed by atoms with E-state index in [2.05, 4.69) is 5.10 Å². The number of ether oxygens (including phenoxy) is 1. The summed E-state index contributed by atoms with van der Waals surface area (Å²) in [5.41, 5.74) is 0.932. The smallest absolute Gasteiger partial charge is 0.286 e. The molecule has 0 aliphatic heterocycles. The number of hydrogen-bond acceptors (Lipinski definition) is 4. The van der Waals surface area contributed by atoms with Crippen molar-refractivity contribution >= 4 is 10.0 Å². The van der Waals surface area contributed by atoms with E-state index in [1.807, 2.05) is 6.92 Å². The number of benzene rings is 1. The molecule has 0 fully saturated rings. The summed E-state index contributed by atoms with van der Waals surface area (Å²) in [6, 6.07) is 6.47. The summed E-state index contributed by atoms with van der Waals surface area (Å²) < 4.78 is 30.4. The highest BCUT2D eigenvalue weighted by molar-refractivity contribution is 7.90. The normalized spacial score (nSPS) is 11.4. The van der Waals surface area contributed by atoms with Crippen LogP contribution in [0.1, 0.15) is 5.56 Å². The van der Waals surface area contributed by atoms with Crippen molar-refractivity contribution in [3.05, 3.63) is 42.2 Å². The van der Waals surface area contributed by atoms with Gasteiger partial charge in [-0.15, -0.1) is 0 Å². The van der Waals surface area contributed by atoms with Crippen LogP contribution in [0.5, 0.6) is 5.75 Å². The number of aromatic nitrogens is 2. The Morgan fingerprint density at radius 1 is 1.35 bits per heavy atom. The van der Waals surface area contributed by atoms with Crippen molar-refractivity contribution in [3.63, 3.8) is 0 Å². The fraction of sp³-hybridized carbons (Fsp3) is 0.182. The van der Waals surface area contributed by atoms with Crippen LogP contribution in [-0.2, 0) is 10.0 Å². The maximum Gasteiger partial charge on any atom is 0.286 e. The lowest BCUT2D eigenvalue weighted by molar-refractivity contribution is 0.402. The third-order valence-electron chi connectivity index (χ3n) is 2.32. The highest BCUT2D eigenvalue weighted by Gasteiger charge is 2.21. The number of nitrogens with zero attached hydrogens (tertiary/aromatic N) is 2. The van der Waals surface area contributed by atoms with Gasteiger partial charge in [-0.05, 0) is 30.7 Å². The van der Waals surface area contributed by atoms with E-state index in [-0.39, 0.29) is 4.90 Å². The SMILES string of the molecule is COc1cc(C)ccc1S(=O)(=O)n1cccn1. The first-order valence-electron chi connectivity index (χ1n) is 4.95. The number of methoxy groups -OCH3 is 1. The molecule has 0 N–H and O–H groups in total. The Bertz CT molecular complexity index is 618. The standard InChI is InChI=1S/C11H12N2O3S/c1-9-4-5-11(10(8-9)16-2)17(14,15)13-7-3-6-12-13/h3-8H,1-2H3. The van der Waals surface area contributed by atoms with Crippen molar-refractivity contribution in [2.24, 2.45) is 0 Å². The van der Waals surface area contributed by atoms with E-state index in [4.69, 9.17) is 4.74 Å². The second-order valence-electron chi connectivity index (χ2n) is 3.54.